The smallest absolute Gasteiger partial charge is 0.249 e. The first kappa shape index (κ1) is 19.3. The average Bonchev–Trinajstić information content (AvgIpc) is 3.49. The third-order valence-electron chi connectivity index (χ3n) is 4.65. The molecule has 2 fully saturated rings. The highest BCUT2D eigenvalue weighted by Crippen LogP contribution is 2.29. The zero-order valence-electron chi connectivity index (χ0n) is 15.0. The molecule has 1 saturated carbocycles. The monoisotopic (exact) mass is 382 g/mol. The van der Waals surface area contributed by atoms with Gasteiger partial charge < -0.3 is 14.8 Å². The van der Waals surface area contributed by atoms with Crippen molar-refractivity contribution in [3.05, 3.63) is 29.8 Å². The standard InChI is InChI=1S/C18H26N2O5S/c1-14(25-13-16-2-3-16)18(21)19-12-15-4-6-17(7-5-15)26(22,23)20-8-10-24-11-9-20/h4-7,14,16H,2-3,8-13H2,1H3,(H,19,21). The van der Waals surface area contributed by atoms with Crippen molar-refractivity contribution in [2.24, 2.45) is 5.92 Å². The first-order valence-electron chi connectivity index (χ1n) is 9.03. The Labute approximate surface area is 154 Å². The van der Waals surface area contributed by atoms with E-state index < -0.39 is 16.1 Å². The van der Waals surface area contributed by atoms with Crippen molar-refractivity contribution < 1.29 is 22.7 Å². The van der Waals surface area contributed by atoms with E-state index in [0.29, 0.717) is 45.4 Å². The van der Waals surface area contributed by atoms with Gasteiger partial charge in [0.1, 0.15) is 6.10 Å². The number of carbonyl (C=O) groups is 1. The van der Waals surface area contributed by atoms with Crippen molar-refractivity contribution in [2.45, 2.75) is 37.3 Å². The Balaban J connectivity index is 1.51. The number of sulfonamides is 1. The molecule has 26 heavy (non-hydrogen) atoms. The van der Waals surface area contributed by atoms with Crippen molar-refractivity contribution in [1.82, 2.24) is 9.62 Å². The predicted octanol–water partition coefficient (Wildman–Crippen LogP) is 1.14. The Morgan fingerprint density at radius 2 is 1.92 bits per heavy atom. The number of nitrogens with one attached hydrogen (secondary N) is 1. The molecule has 0 aromatic heterocycles. The van der Waals surface area contributed by atoms with E-state index in [-0.39, 0.29) is 10.8 Å². The summed E-state index contributed by atoms with van der Waals surface area (Å²) in [5.74, 6) is 0.460. The van der Waals surface area contributed by atoms with Crippen LogP contribution in [0.25, 0.3) is 0 Å². The zero-order valence-corrected chi connectivity index (χ0v) is 15.8. The molecule has 8 heteroatoms. The molecule has 0 bridgehead atoms. The summed E-state index contributed by atoms with van der Waals surface area (Å²) in [5.41, 5.74) is 0.841. The number of hydrogen-bond donors (Lipinski definition) is 1. The van der Waals surface area contributed by atoms with E-state index in [9.17, 15) is 13.2 Å². The summed E-state index contributed by atoms with van der Waals surface area (Å²) in [6.07, 6.45) is 1.90. The van der Waals surface area contributed by atoms with Gasteiger partial charge in [-0.1, -0.05) is 12.1 Å². The molecule has 1 aliphatic carbocycles. The van der Waals surface area contributed by atoms with Gasteiger partial charge in [-0.2, -0.15) is 4.31 Å². The lowest BCUT2D eigenvalue weighted by Crippen LogP contribution is -2.40. The Hall–Kier alpha value is -1.48. The van der Waals surface area contributed by atoms with Gasteiger partial charge in [0.25, 0.3) is 0 Å². The number of morpholine rings is 1. The molecule has 1 atom stereocenters. The van der Waals surface area contributed by atoms with Crippen LogP contribution in [0.3, 0.4) is 0 Å². The van der Waals surface area contributed by atoms with E-state index in [4.69, 9.17) is 9.47 Å². The van der Waals surface area contributed by atoms with Gasteiger partial charge in [0.15, 0.2) is 0 Å². The first-order chi connectivity index (χ1) is 12.5. The van der Waals surface area contributed by atoms with Crippen LogP contribution in [0.4, 0.5) is 0 Å². The van der Waals surface area contributed by atoms with Gasteiger partial charge in [-0.3, -0.25) is 4.79 Å². The van der Waals surface area contributed by atoms with Crippen LogP contribution < -0.4 is 5.32 Å². The van der Waals surface area contributed by atoms with Crippen molar-refractivity contribution in [3.8, 4) is 0 Å². The fourth-order valence-electron chi connectivity index (χ4n) is 2.69. The van der Waals surface area contributed by atoms with Crippen LogP contribution in [0.1, 0.15) is 25.3 Å². The largest absolute Gasteiger partial charge is 0.379 e. The van der Waals surface area contributed by atoms with Crippen molar-refractivity contribution >= 4 is 15.9 Å². The summed E-state index contributed by atoms with van der Waals surface area (Å²) < 4.78 is 37.3. The zero-order chi connectivity index (χ0) is 18.6. The summed E-state index contributed by atoms with van der Waals surface area (Å²) in [4.78, 5) is 12.3. The Kier molecular flexibility index (Phi) is 6.29. The van der Waals surface area contributed by atoms with Gasteiger partial charge in [0.2, 0.25) is 15.9 Å². The summed E-state index contributed by atoms with van der Waals surface area (Å²) in [6.45, 7) is 4.32. The number of rotatable bonds is 8. The molecule has 1 saturated heterocycles. The maximum atomic E-state index is 12.6. The number of benzene rings is 1. The molecule has 1 amide bonds. The maximum absolute atomic E-state index is 12.6. The lowest BCUT2D eigenvalue weighted by molar-refractivity contribution is -0.132. The number of carbonyl (C=O) groups excluding carboxylic acids is 1. The molecule has 1 N–H and O–H groups in total. The van der Waals surface area contributed by atoms with Crippen LogP contribution in [0, 0.1) is 5.92 Å². The number of ether oxygens (including phenoxy) is 2. The van der Waals surface area contributed by atoms with Gasteiger partial charge in [0.05, 0.1) is 24.7 Å². The average molecular weight is 382 g/mol. The third-order valence-corrected chi connectivity index (χ3v) is 6.56. The van der Waals surface area contributed by atoms with Crippen LogP contribution in [-0.2, 0) is 30.8 Å². The molecule has 1 aromatic carbocycles. The molecule has 1 aromatic rings. The van der Waals surface area contributed by atoms with E-state index in [1.807, 2.05) is 0 Å². The number of nitrogens with zero attached hydrogens (tertiary/aromatic N) is 1. The summed E-state index contributed by atoms with van der Waals surface area (Å²) in [6, 6.07) is 6.62. The molecular weight excluding hydrogens is 356 g/mol. The second-order valence-corrected chi connectivity index (χ2v) is 8.74. The molecule has 1 unspecified atom stereocenters. The summed E-state index contributed by atoms with van der Waals surface area (Å²) in [5, 5.41) is 2.82. The molecular formula is C18H26N2O5S. The topological polar surface area (TPSA) is 84.9 Å². The van der Waals surface area contributed by atoms with E-state index in [1.54, 1.807) is 31.2 Å². The van der Waals surface area contributed by atoms with Gasteiger partial charge in [-0.25, -0.2) is 8.42 Å². The molecule has 144 valence electrons. The minimum atomic E-state index is -3.49. The van der Waals surface area contributed by atoms with Crippen LogP contribution >= 0.6 is 0 Å². The molecule has 1 aliphatic heterocycles. The highest BCUT2D eigenvalue weighted by Gasteiger charge is 2.26. The minimum Gasteiger partial charge on any atom is -0.379 e. The fraction of sp³-hybridized carbons (Fsp3) is 0.611. The van der Waals surface area contributed by atoms with E-state index >= 15 is 0 Å². The lowest BCUT2D eigenvalue weighted by atomic mass is 10.2. The van der Waals surface area contributed by atoms with Crippen molar-refractivity contribution in [1.29, 1.82) is 0 Å². The quantitative estimate of drug-likeness (QED) is 0.729. The second-order valence-electron chi connectivity index (χ2n) is 6.80. The Morgan fingerprint density at radius 3 is 2.54 bits per heavy atom. The van der Waals surface area contributed by atoms with Crippen LogP contribution in [-0.4, -0.2) is 57.6 Å². The van der Waals surface area contributed by atoms with Crippen LogP contribution in [0.15, 0.2) is 29.2 Å². The third kappa shape index (κ3) is 5.03. The Morgan fingerprint density at radius 1 is 1.27 bits per heavy atom. The first-order valence-corrected chi connectivity index (χ1v) is 10.5. The Bertz CT molecular complexity index is 710. The van der Waals surface area contributed by atoms with Crippen LogP contribution in [0.5, 0.6) is 0 Å². The van der Waals surface area contributed by atoms with Crippen LogP contribution in [0.2, 0.25) is 0 Å². The fourth-order valence-corrected chi connectivity index (χ4v) is 4.10. The molecule has 1 heterocycles. The minimum absolute atomic E-state index is 0.157. The van der Waals surface area contributed by atoms with Gasteiger partial charge >= 0.3 is 0 Å². The van der Waals surface area contributed by atoms with E-state index in [0.717, 1.165) is 5.56 Å². The number of amides is 1. The summed E-state index contributed by atoms with van der Waals surface area (Å²) in [7, 11) is -3.49. The highest BCUT2D eigenvalue weighted by atomic mass is 32.2. The van der Waals surface area contributed by atoms with Crippen molar-refractivity contribution in [3.63, 3.8) is 0 Å². The van der Waals surface area contributed by atoms with E-state index in [1.165, 1.54) is 17.1 Å². The maximum Gasteiger partial charge on any atom is 0.249 e. The predicted molar refractivity (Wildman–Crippen MR) is 96.0 cm³/mol. The second kappa shape index (κ2) is 8.47. The molecule has 0 spiro atoms. The molecule has 0 radical (unpaired) electrons. The lowest BCUT2D eigenvalue weighted by Gasteiger charge is -2.26. The number of hydrogen-bond acceptors (Lipinski definition) is 5. The van der Waals surface area contributed by atoms with Gasteiger partial charge in [0, 0.05) is 19.6 Å². The van der Waals surface area contributed by atoms with E-state index in [2.05, 4.69) is 5.32 Å². The van der Waals surface area contributed by atoms with Gasteiger partial charge in [-0.15, -0.1) is 0 Å². The van der Waals surface area contributed by atoms with Crippen molar-refractivity contribution in [2.75, 3.05) is 32.9 Å². The summed E-state index contributed by atoms with van der Waals surface area (Å²) >= 11 is 0. The SMILES string of the molecule is CC(OCC1CC1)C(=O)NCc1ccc(S(=O)(=O)N2CCOCC2)cc1. The molecule has 7 nitrogen and oxygen atoms in total. The van der Waals surface area contributed by atoms with Gasteiger partial charge in [-0.05, 0) is 43.4 Å². The normalized spacial score (nSPS) is 19.9. The molecule has 3 rings (SSSR count). The highest BCUT2D eigenvalue weighted by molar-refractivity contribution is 7.89. The molecule has 2 aliphatic rings.